The molecule has 11 nitrogen and oxygen atoms in total. The minimum absolute atomic E-state index is 0.0496. The zero-order valence-corrected chi connectivity index (χ0v) is 19.6. The number of nitrogens with zero attached hydrogens (tertiary/aromatic N) is 5. The van der Waals surface area contributed by atoms with Crippen LogP contribution in [0.15, 0.2) is 41.7 Å². The third-order valence-corrected chi connectivity index (χ3v) is 6.56. The molecule has 0 aliphatic heterocycles. The standard InChI is InChI=1S/C21H18ClN7O4S/c1-32-19-13(5-3-8-23)20(33-2)28-21(27-19)29-34(30,31)15-11-26-17-12(15)6-7-14(22)16(17)18-24-9-4-10-25-18/h4,6-7,9-11,26H,3,5H2,1-2H3,(H,27,28,29). The first-order chi connectivity index (χ1) is 16.4. The number of H-pyrrole nitrogens is 1. The summed E-state index contributed by atoms with van der Waals surface area (Å²) in [7, 11) is -1.38. The molecule has 0 fully saturated rings. The lowest BCUT2D eigenvalue weighted by atomic mass is 10.1. The molecule has 0 amide bonds. The lowest BCUT2D eigenvalue weighted by Gasteiger charge is -2.13. The van der Waals surface area contributed by atoms with Crippen molar-refractivity contribution in [1.29, 1.82) is 5.26 Å². The van der Waals surface area contributed by atoms with Gasteiger partial charge in [0, 0.05) is 30.4 Å². The number of benzene rings is 1. The van der Waals surface area contributed by atoms with Crippen molar-refractivity contribution in [3.63, 3.8) is 0 Å². The summed E-state index contributed by atoms with van der Waals surface area (Å²) in [6, 6.07) is 6.86. The fourth-order valence-electron chi connectivity index (χ4n) is 3.41. The maximum Gasteiger partial charge on any atom is 0.266 e. The highest BCUT2D eigenvalue weighted by atomic mass is 35.5. The van der Waals surface area contributed by atoms with E-state index >= 15 is 0 Å². The fourth-order valence-corrected chi connectivity index (χ4v) is 4.77. The predicted octanol–water partition coefficient (Wildman–Crippen LogP) is 3.34. The van der Waals surface area contributed by atoms with E-state index in [9.17, 15) is 8.42 Å². The number of anilines is 1. The molecule has 1 aromatic carbocycles. The van der Waals surface area contributed by atoms with E-state index in [1.165, 1.54) is 20.4 Å². The SMILES string of the molecule is COc1nc(NS(=O)(=O)c2c[nH]c3c(-c4ncccn4)c(Cl)ccc23)nc(OC)c1CCC#N. The van der Waals surface area contributed by atoms with Gasteiger partial charge in [0.05, 0.1) is 42.0 Å². The Kier molecular flexibility index (Phi) is 6.49. The Morgan fingerprint density at radius 1 is 1.15 bits per heavy atom. The van der Waals surface area contributed by atoms with Gasteiger partial charge in [-0.3, -0.25) is 0 Å². The Labute approximate surface area is 199 Å². The van der Waals surface area contributed by atoms with Crippen molar-refractivity contribution >= 4 is 38.5 Å². The molecule has 0 aliphatic rings. The van der Waals surface area contributed by atoms with Crippen LogP contribution in [0.2, 0.25) is 5.02 Å². The molecule has 3 aromatic heterocycles. The number of hydrogen-bond donors (Lipinski definition) is 2. The Bertz CT molecular complexity index is 1480. The quantitative estimate of drug-likeness (QED) is 0.371. The summed E-state index contributed by atoms with van der Waals surface area (Å²) in [6.07, 6.45) is 4.94. The summed E-state index contributed by atoms with van der Waals surface area (Å²) in [5.41, 5.74) is 1.40. The predicted molar refractivity (Wildman–Crippen MR) is 124 cm³/mol. The van der Waals surface area contributed by atoms with E-state index in [0.717, 1.165) is 0 Å². The van der Waals surface area contributed by atoms with Crippen LogP contribution in [-0.2, 0) is 16.4 Å². The van der Waals surface area contributed by atoms with Gasteiger partial charge >= 0.3 is 0 Å². The molecule has 0 aliphatic carbocycles. The third-order valence-electron chi connectivity index (χ3n) is 4.88. The van der Waals surface area contributed by atoms with Gasteiger partial charge < -0.3 is 14.5 Å². The van der Waals surface area contributed by atoms with Gasteiger partial charge in [-0.15, -0.1) is 0 Å². The zero-order valence-electron chi connectivity index (χ0n) is 18.0. The van der Waals surface area contributed by atoms with Crippen LogP contribution < -0.4 is 14.2 Å². The van der Waals surface area contributed by atoms with Gasteiger partial charge in [0.2, 0.25) is 17.7 Å². The largest absolute Gasteiger partial charge is 0.481 e. The minimum Gasteiger partial charge on any atom is -0.481 e. The number of sulfonamides is 1. The van der Waals surface area contributed by atoms with Gasteiger partial charge in [0.25, 0.3) is 10.0 Å². The number of ether oxygens (including phenoxy) is 2. The number of nitrogens with one attached hydrogen (secondary N) is 2. The van der Waals surface area contributed by atoms with Gasteiger partial charge in [-0.05, 0) is 24.6 Å². The summed E-state index contributed by atoms with van der Waals surface area (Å²) in [4.78, 5) is 19.6. The second kappa shape index (κ2) is 9.50. The Morgan fingerprint density at radius 2 is 1.82 bits per heavy atom. The topological polar surface area (TPSA) is 156 Å². The average Bonchev–Trinajstić information content (AvgIpc) is 3.28. The molecule has 0 spiro atoms. The normalized spacial score (nSPS) is 11.2. The molecule has 34 heavy (non-hydrogen) atoms. The summed E-state index contributed by atoms with van der Waals surface area (Å²) >= 11 is 6.38. The molecule has 0 unspecified atom stereocenters. The van der Waals surface area contributed by atoms with Crippen molar-refractivity contribution in [3.8, 4) is 29.2 Å². The molecule has 0 saturated carbocycles. The highest BCUT2D eigenvalue weighted by Crippen LogP contribution is 2.36. The van der Waals surface area contributed by atoms with Crippen LogP contribution in [0.5, 0.6) is 11.8 Å². The van der Waals surface area contributed by atoms with Gasteiger partial charge in [-0.25, -0.2) is 23.1 Å². The van der Waals surface area contributed by atoms with Crippen LogP contribution >= 0.6 is 11.6 Å². The van der Waals surface area contributed by atoms with Crippen LogP contribution in [-0.4, -0.2) is 47.6 Å². The van der Waals surface area contributed by atoms with E-state index < -0.39 is 10.0 Å². The molecule has 0 bridgehead atoms. The minimum atomic E-state index is -4.14. The monoisotopic (exact) mass is 499 g/mol. The van der Waals surface area contributed by atoms with Crippen molar-refractivity contribution in [2.75, 3.05) is 18.9 Å². The second-order valence-electron chi connectivity index (χ2n) is 6.88. The lowest BCUT2D eigenvalue weighted by Crippen LogP contribution is -2.16. The van der Waals surface area contributed by atoms with Crippen molar-refractivity contribution in [1.82, 2.24) is 24.9 Å². The summed E-state index contributed by atoms with van der Waals surface area (Å²) in [5, 5.41) is 9.62. The smallest absolute Gasteiger partial charge is 0.266 e. The number of aromatic nitrogens is 5. The van der Waals surface area contributed by atoms with Gasteiger partial charge in [0.15, 0.2) is 5.82 Å². The highest BCUT2D eigenvalue weighted by Gasteiger charge is 2.25. The van der Waals surface area contributed by atoms with Gasteiger partial charge in [-0.1, -0.05) is 11.6 Å². The summed E-state index contributed by atoms with van der Waals surface area (Å²) < 4.78 is 39.4. The van der Waals surface area contributed by atoms with E-state index in [0.29, 0.717) is 32.9 Å². The Hall–Kier alpha value is -3.95. The number of fused-ring (bicyclic) bond motifs is 1. The maximum atomic E-state index is 13.3. The second-order valence-corrected chi connectivity index (χ2v) is 8.94. The molecule has 4 aromatic rings. The van der Waals surface area contributed by atoms with Crippen LogP contribution in [0.3, 0.4) is 0 Å². The number of hydrogen-bond acceptors (Lipinski definition) is 9. The fraction of sp³-hybridized carbons (Fsp3) is 0.190. The van der Waals surface area contributed by atoms with Gasteiger partial charge in [-0.2, -0.15) is 15.2 Å². The molecule has 4 rings (SSSR count). The molecular formula is C21H18ClN7O4S. The van der Waals surface area contributed by atoms with Crippen molar-refractivity contribution in [2.24, 2.45) is 0 Å². The van der Waals surface area contributed by atoms with Crippen LogP contribution in [0.4, 0.5) is 5.95 Å². The molecule has 0 atom stereocenters. The molecule has 0 saturated heterocycles. The Balaban J connectivity index is 1.77. The molecular weight excluding hydrogens is 482 g/mol. The van der Waals surface area contributed by atoms with E-state index in [1.54, 1.807) is 30.6 Å². The number of nitriles is 1. The number of rotatable bonds is 8. The van der Waals surface area contributed by atoms with Crippen molar-refractivity contribution in [2.45, 2.75) is 17.7 Å². The number of aromatic amines is 1. The summed E-state index contributed by atoms with van der Waals surface area (Å²) in [6.45, 7) is 0. The molecule has 174 valence electrons. The van der Waals surface area contributed by atoms with Crippen LogP contribution in [0.1, 0.15) is 12.0 Å². The van der Waals surface area contributed by atoms with E-state index in [2.05, 4.69) is 29.6 Å². The number of methoxy groups -OCH3 is 2. The molecule has 0 radical (unpaired) electrons. The zero-order chi connectivity index (χ0) is 24.3. The van der Waals surface area contributed by atoms with E-state index in [4.69, 9.17) is 26.3 Å². The number of halogens is 1. The maximum absolute atomic E-state index is 13.3. The first-order valence-electron chi connectivity index (χ1n) is 9.85. The molecule has 2 N–H and O–H groups in total. The molecule has 13 heteroatoms. The van der Waals surface area contributed by atoms with Crippen molar-refractivity contribution in [3.05, 3.63) is 47.4 Å². The van der Waals surface area contributed by atoms with Crippen molar-refractivity contribution < 1.29 is 17.9 Å². The Morgan fingerprint density at radius 3 is 2.44 bits per heavy atom. The molecule has 3 heterocycles. The van der Waals surface area contributed by atoms with E-state index in [1.807, 2.05) is 6.07 Å². The first kappa shape index (κ1) is 23.2. The highest BCUT2D eigenvalue weighted by molar-refractivity contribution is 7.93. The first-order valence-corrected chi connectivity index (χ1v) is 11.7. The summed E-state index contributed by atoms with van der Waals surface area (Å²) in [5.74, 6) is 0.315. The third kappa shape index (κ3) is 4.30. The van der Waals surface area contributed by atoms with E-state index in [-0.39, 0.29) is 35.4 Å². The van der Waals surface area contributed by atoms with Gasteiger partial charge in [0.1, 0.15) is 4.90 Å². The van der Waals surface area contributed by atoms with Crippen LogP contribution in [0, 0.1) is 11.3 Å². The average molecular weight is 500 g/mol. The lowest BCUT2D eigenvalue weighted by molar-refractivity contribution is 0.364. The van der Waals surface area contributed by atoms with Crippen LogP contribution in [0.25, 0.3) is 22.3 Å².